The molecule has 1 amide bonds. The number of hydrogen-bond donors (Lipinski definition) is 5. The number of aliphatic hydroxyl groups excluding tert-OH is 1. The number of imidazole rings is 1. The maximum absolute atomic E-state index is 12.7. The molecule has 7 N–H and O–H groups in total. The third-order valence-electron chi connectivity index (χ3n) is 5.19. The van der Waals surface area contributed by atoms with E-state index in [0.717, 1.165) is 5.56 Å². The summed E-state index contributed by atoms with van der Waals surface area (Å²) in [6, 6.07) is 4.56. The van der Waals surface area contributed by atoms with Gasteiger partial charge in [-0.05, 0) is 24.1 Å². The minimum atomic E-state index is -1.53. The largest absolute Gasteiger partial charge is 0.479 e. The first kappa shape index (κ1) is 21.9. The van der Waals surface area contributed by atoms with E-state index in [9.17, 15) is 19.8 Å². The number of nitrogens with zero attached hydrogens (tertiary/aromatic N) is 4. The number of carbonyl (C=O) groups excluding carboxylic acids is 1. The van der Waals surface area contributed by atoms with Gasteiger partial charge in [-0.2, -0.15) is 0 Å². The van der Waals surface area contributed by atoms with Crippen molar-refractivity contribution in [3.05, 3.63) is 47.5 Å². The number of ether oxygens (including phenoxy) is 1. The molecule has 4 rings (SSSR count). The van der Waals surface area contributed by atoms with Crippen LogP contribution in [0.15, 0.2) is 36.9 Å². The Morgan fingerprint density at radius 3 is 2.66 bits per heavy atom. The number of carboxylic acid groups (broad SMARTS) is 1. The molecule has 3 aromatic rings. The zero-order valence-corrected chi connectivity index (χ0v) is 17.3. The molecule has 0 radical (unpaired) electrons. The second kappa shape index (κ2) is 8.67. The lowest BCUT2D eigenvalue weighted by atomic mass is 10.0. The maximum Gasteiger partial charge on any atom is 0.335 e. The molecule has 0 bridgehead atoms. The summed E-state index contributed by atoms with van der Waals surface area (Å²) in [7, 11) is 0. The Hall–Kier alpha value is -3.32. The standard InChI is InChI=1S/C19H20ClN7O5/c20-9-3-1-8(2-4-9)5-10(21)17(29)26-11-13(28)18(32-14(11)19(30)31)27-7-25-12-15(22)23-6-24-16(12)27/h1-4,6-7,10-11,13-14,18,28H,5,21H2,(H,26,29)(H,30,31)(H2,22,23,24). The van der Waals surface area contributed by atoms with Crippen LogP contribution in [0.3, 0.4) is 0 Å². The van der Waals surface area contributed by atoms with Gasteiger partial charge in [0.05, 0.1) is 18.4 Å². The highest BCUT2D eigenvalue weighted by Crippen LogP contribution is 2.32. The van der Waals surface area contributed by atoms with Gasteiger partial charge in [0.2, 0.25) is 5.91 Å². The van der Waals surface area contributed by atoms with E-state index in [1.807, 2.05) is 0 Å². The fourth-order valence-corrected chi connectivity index (χ4v) is 3.70. The Balaban J connectivity index is 1.53. The predicted molar refractivity (Wildman–Crippen MR) is 112 cm³/mol. The number of nitrogens with two attached hydrogens (primary N) is 2. The van der Waals surface area contributed by atoms with Gasteiger partial charge in [0.15, 0.2) is 23.8 Å². The number of nitrogen functional groups attached to an aromatic ring is 1. The van der Waals surface area contributed by atoms with Crippen LogP contribution in [-0.4, -0.2) is 65.9 Å². The van der Waals surface area contributed by atoms with E-state index >= 15 is 0 Å². The predicted octanol–water partition coefficient (Wildman–Crippen LogP) is -0.540. The lowest BCUT2D eigenvalue weighted by molar-refractivity contribution is -0.152. The van der Waals surface area contributed by atoms with Crippen LogP contribution in [0.4, 0.5) is 5.82 Å². The van der Waals surface area contributed by atoms with E-state index in [1.54, 1.807) is 24.3 Å². The Bertz CT molecular complexity index is 1150. The average Bonchev–Trinajstić information content (AvgIpc) is 3.32. The van der Waals surface area contributed by atoms with Crippen molar-refractivity contribution in [2.45, 2.75) is 36.9 Å². The number of carboxylic acids is 1. The van der Waals surface area contributed by atoms with Crippen LogP contribution in [-0.2, 0) is 20.7 Å². The Kier molecular flexibility index (Phi) is 5.93. The molecule has 13 heteroatoms. The summed E-state index contributed by atoms with van der Waals surface area (Å²) in [5.74, 6) is -1.88. The van der Waals surface area contributed by atoms with Crippen molar-refractivity contribution in [2.75, 3.05) is 5.73 Å². The summed E-state index contributed by atoms with van der Waals surface area (Å²) in [6.07, 6.45) is -1.45. The highest BCUT2D eigenvalue weighted by Gasteiger charge is 2.49. The third-order valence-corrected chi connectivity index (χ3v) is 5.44. The number of rotatable bonds is 6. The molecular formula is C19H20ClN7O5. The van der Waals surface area contributed by atoms with Crippen LogP contribution >= 0.6 is 11.6 Å². The molecule has 5 unspecified atom stereocenters. The van der Waals surface area contributed by atoms with Gasteiger partial charge in [-0.15, -0.1) is 0 Å². The molecule has 1 aromatic carbocycles. The van der Waals surface area contributed by atoms with E-state index in [4.69, 9.17) is 27.8 Å². The van der Waals surface area contributed by atoms with Crippen LogP contribution in [0.1, 0.15) is 11.8 Å². The summed E-state index contributed by atoms with van der Waals surface area (Å²) >= 11 is 5.86. The number of amides is 1. The van der Waals surface area contributed by atoms with Gasteiger partial charge >= 0.3 is 5.97 Å². The van der Waals surface area contributed by atoms with E-state index in [1.165, 1.54) is 17.2 Å². The normalized spacial score (nSPS) is 23.8. The number of aliphatic carboxylic acids is 1. The Morgan fingerprint density at radius 1 is 1.25 bits per heavy atom. The number of hydrogen-bond acceptors (Lipinski definition) is 9. The third kappa shape index (κ3) is 4.08. The summed E-state index contributed by atoms with van der Waals surface area (Å²) in [6.45, 7) is 0. The monoisotopic (exact) mass is 461 g/mol. The number of benzene rings is 1. The lowest BCUT2D eigenvalue weighted by Crippen LogP contribution is -2.54. The van der Waals surface area contributed by atoms with Gasteiger partial charge in [0.1, 0.15) is 17.9 Å². The fraction of sp³-hybridized carbons (Fsp3) is 0.316. The van der Waals surface area contributed by atoms with Crippen molar-refractivity contribution < 1.29 is 24.5 Å². The summed E-state index contributed by atoms with van der Waals surface area (Å²) in [4.78, 5) is 36.4. The zero-order valence-electron chi connectivity index (χ0n) is 16.5. The van der Waals surface area contributed by atoms with Crippen LogP contribution < -0.4 is 16.8 Å². The van der Waals surface area contributed by atoms with Gasteiger partial charge in [0, 0.05) is 5.02 Å². The molecule has 168 valence electrons. The second-order valence-electron chi connectivity index (χ2n) is 7.33. The van der Waals surface area contributed by atoms with Crippen molar-refractivity contribution >= 4 is 40.5 Å². The topological polar surface area (TPSA) is 192 Å². The van der Waals surface area contributed by atoms with Crippen LogP contribution in [0, 0.1) is 0 Å². The molecule has 1 aliphatic rings. The number of aromatic nitrogens is 4. The minimum absolute atomic E-state index is 0.119. The molecular weight excluding hydrogens is 442 g/mol. The molecule has 32 heavy (non-hydrogen) atoms. The van der Waals surface area contributed by atoms with Gasteiger partial charge < -0.3 is 31.7 Å². The SMILES string of the molecule is Nc1ncnc2c1ncn2C1OC(C(=O)O)C(NC(=O)C(N)Cc2ccc(Cl)cc2)C1O. The summed E-state index contributed by atoms with van der Waals surface area (Å²) in [5, 5.41) is 23.5. The summed E-state index contributed by atoms with van der Waals surface area (Å²) in [5.41, 5.74) is 13.1. The van der Waals surface area contributed by atoms with E-state index < -0.39 is 42.4 Å². The van der Waals surface area contributed by atoms with Crippen molar-refractivity contribution in [3.8, 4) is 0 Å². The molecule has 5 atom stereocenters. The van der Waals surface area contributed by atoms with E-state index in [0.29, 0.717) is 5.02 Å². The number of carbonyl (C=O) groups is 2. The van der Waals surface area contributed by atoms with Crippen LogP contribution in [0.5, 0.6) is 0 Å². The first-order chi connectivity index (χ1) is 15.3. The minimum Gasteiger partial charge on any atom is -0.479 e. The van der Waals surface area contributed by atoms with Crippen molar-refractivity contribution in [1.82, 2.24) is 24.8 Å². The van der Waals surface area contributed by atoms with Gasteiger partial charge in [0.25, 0.3) is 0 Å². The number of anilines is 1. The molecule has 1 fully saturated rings. The molecule has 12 nitrogen and oxygen atoms in total. The molecule has 1 aliphatic heterocycles. The molecule has 1 saturated heterocycles. The van der Waals surface area contributed by atoms with Gasteiger partial charge in [-0.1, -0.05) is 23.7 Å². The number of aliphatic hydroxyl groups is 1. The van der Waals surface area contributed by atoms with Crippen LogP contribution in [0.2, 0.25) is 5.02 Å². The molecule has 0 spiro atoms. The summed E-state index contributed by atoms with van der Waals surface area (Å²) < 4.78 is 6.90. The molecule has 2 aromatic heterocycles. The number of fused-ring (bicyclic) bond motifs is 1. The van der Waals surface area contributed by atoms with Crippen molar-refractivity contribution in [1.29, 1.82) is 0 Å². The second-order valence-corrected chi connectivity index (χ2v) is 7.77. The van der Waals surface area contributed by atoms with Gasteiger partial charge in [-0.25, -0.2) is 19.7 Å². The quantitative estimate of drug-likeness (QED) is 0.318. The zero-order chi connectivity index (χ0) is 23.0. The van der Waals surface area contributed by atoms with Crippen LogP contribution in [0.25, 0.3) is 11.2 Å². The lowest BCUT2D eigenvalue weighted by Gasteiger charge is -2.22. The van der Waals surface area contributed by atoms with Crippen molar-refractivity contribution in [3.63, 3.8) is 0 Å². The first-order valence-corrected chi connectivity index (χ1v) is 9.94. The van der Waals surface area contributed by atoms with Crippen molar-refractivity contribution in [2.24, 2.45) is 5.73 Å². The average molecular weight is 462 g/mol. The Morgan fingerprint density at radius 2 is 1.97 bits per heavy atom. The molecule has 3 heterocycles. The van der Waals surface area contributed by atoms with E-state index in [-0.39, 0.29) is 23.4 Å². The highest BCUT2D eigenvalue weighted by molar-refractivity contribution is 6.30. The van der Waals surface area contributed by atoms with E-state index in [2.05, 4.69) is 20.3 Å². The molecule has 0 aliphatic carbocycles. The smallest absolute Gasteiger partial charge is 0.335 e. The first-order valence-electron chi connectivity index (χ1n) is 9.56. The highest BCUT2D eigenvalue weighted by atomic mass is 35.5. The fourth-order valence-electron chi connectivity index (χ4n) is 3.57. The van der Waals surface area contributed by atoms with Gasteiger partial charge in [-0.3, -0.25) is 9.36 Å². The molecule has 0 saturated carbocycles. The maximum atomic E-state index is 12.7. The number of nitrogens with one attached hydrogen (secondary N) is 1. The Labute approximate surface area is 186 Å². The number of halogens is 1.